The van der Waals surface area contributed by atoms with E-state index in [0.717, 1.165) is 42.6 Å². The van der Waals surface area contributed by atoms with Gasteiger partial charge >= 0.3 is 0 Å². The zero-order chi connectivity index (χ0) is 14.7. The monoisotopic (exact) mass is 413 g/mol. The largest absolute Gasteiger partial charge is 0.505 e. The van der Waals surface area contributed by atoms with Gasteiger partial charge in [-0.1, -0.05) is 29.8 Å². The average molecular weight is 415 g/mol. The van der Waals surface area contributed by atoms with Gasteiger partial charge in [0, 0.05) is 42.3 Å². The lowest BCUT2D eigenvalue weighted by atomic mass is 9.94. The van der Waals surface area contributed by atoms with Gasteiger partial charge in [-0.05, 0) is 24.5 Å². The number of aromatic hydroxyl groups is 1. The van der Waals surface area contributed by atoms with Crippen molar-refractivity contribution in [2.45, 2.75) is 26.3 Å². The number of piperazine rings is 1. The molecule has 128 valence electrons. The van der Waals surface area contributed by atoms with Crippen LogP contribution in [0.2, 0.25) is 0 Å². The first-order valence-corrected chi connectivity index (χ1v) is 8.01. The summed E-state index contributed by atoms with van der Waals surface area (Å²) in [6.07, 6.45) is 1.01. The molecule has 0 spiro atoms. The topological polar surface area (TPSA) is 61.5 Å². The predicted octanol–water partition coefficient (Wildman–Crippen LogP) is 3.57. The zero-order valence-electron chi connectivity index (χ0n) is 13.0. The van der Waals surface area contributed by atoms with Crippen molar-refractivity contribution >= 4 is 46.4 Å². The van der Waals surface area contributed by atoms with Gasteiger partial charge in [-0.15, -0.1) is 24.8 Å². The van der Waals surface area contributed by atoms with Gasteiger partial charge in [-0.25, -0.2) is 0 Å². The van der Waals surface area contributed by atoms with Gasteiger partial charge in [-0.3, -0.25) is 4.90 Å². The molecule has 0 amide bonds. The molecule has 1 saturated heterocycles. The summed E-state index contributed by atoms with van der Waals surface area (Å²) in [5.74, 6) is 0.783. The Morgan fingerprint density at radius 1 is 1.27 bits per heavy atom. The van der Waals surface area contributed by atoms with Crippen LogP contribution in [0.4, 0.5) is 5.69 Å². The number of phenolic OH excluding ortho intramolecular Hbond substituents is 1. The van der Waals surface area contributed by atoms with Crippen LogP contribution in [0.25, 0.3) is 0 Å². The van der Waals surface area contributed by atoms with Crippen molar-refractivity contribution in [3.8, 4) is 5.75 Å². The Kier molecular flexibility index (Phi) is 9.74. The Bertz CT molecular complexity index is 468. The zero-order valence-corrected chi connectivity index (χ0v) is 16.2. The van der Waals surface area contributed by atoms with Crippen molar-refractivity contribution in [1.82, 2.24) is 10.2 Å². The minimum absolute atomic E-state index is 0. The maximum absolute atomic E-state index is 10.4. The number of nitrogen functional groups attached to an aromatic ring is 1. The number of hydrogen-bond donors (Lipinski definition) is 3. The summed E-state index contributed by atoms with van der Waals surface area (Å²) in [4.78, 5) is 2.44. The van der Waals surface area contributed by atoms with Gasteiger partial charge < -0.3 is 16.2 Å². The number of anilines is 1. The highest BCUT2D eigenvalue weighted by Crippen LogP contribution is 2.41. The van der Waals surface area contributed by atoms with E-state index in [-0.39, 0.29) is 36.6 Å². The summed E-state index contributed by atoms with van der Waals surface area (Å²) in [6, 6.07) is 3.88. The van der Waals surface area contributed by atoms with Crippen LogP contribution in [0.1, 0.15) is 31.9 Å². The van der Waals surface area contributed by atoms with Gasteiger partial charge in [-0.2, -0.15) is 0 Å². The Hall–Kier alpha value is -0.200. The fourth-order valence-electron chi connectivity index (χ4n) is 2.81. The molecule has 7 heteroatoms. The highest BCUT2D eigenvalue weighted by Gasteiger charge is 2.27. The van der Waals surface area contributed by atoms with Crippen LogP contribution in [-0.2, 0) is 0 Å². The van der Waals surface area contributed by atoms with E-state index in [9.17, 15) is 5.11 Å². The standard InChI is InChI=1S/C15H24BrN3O.2ClH/c1-10(2)9-13(19-7-5-18-6-8-19)14-11(16)3-4-12(17)15(14)20;;/h3-4,10,13,18,20H,5-9,17H2,1-2H3;2*1H/t13-;;/m1../s1. The van der Waals surface area contributed by atoms with Crippen molar-refractivity contribution in [2.24, 2.45) is 5.92 Å². The quantitative estimate of drug-likeness (QED) is 0.520. The highest BCUT2D eigenvalue weighted by molar-refractivity contribution is 9.10. The molecule has 1 aromatic carbocycles. The van der Waals surface area contributed by atoms with Crippen LogP contribution >= 0.6 is 40.7 Å². The van der Waals surface area contributed by atoms with Crippen LogP contribution in [0, 0.1) is 5.92 Å². The summed E-state index contributed by atoms with van der Waals surface area (Å²) in [5, 5.41) is 13.8. The highest BCUT2D eigenvalue weighted by atomic mass is 79.9. The van der Waals surface area contributed by atoms with Gasteiger partial charge in [0.1, 0.15) is 5.75 Å². The van der Waals surface area contributed by atoms with Crippen molar-refractivity contribution in [2.75, 3.05) is 31.9 Å². The van der Waals surface area contributed by atoms with Gasteiger partial charge in [0.25, 0.3) is 0 Å². The van der Waals surface area contributed by atoms with Crippen molar-refractivity contribution in [1.29, 1.82) is 0 Å². The van der Waals surface area contributed by atoms with Crippen LogP contribution < -0.4 is 11.1 Å². The van der Waals surface area contributed by atoms with E-state index in [1.54, 1.807) is 6.07 Å². The van der Waals surface area contributed by atoms with Crippen LogP contribution in [0.15, 0.2) is 16.6 Å². The van der Waals surface area contributed by atoms with Crippen molar-refractivity contribution in [3.63, 3.8) is 0 Å². The molecule has 1 aromatic rings. The van der Waals surface area contributed by atoms with Gasteiger partial charge in [0.2, 0.25) is 0 Å². The Balaban J connectivity index is 0.00000220. The summed E-state index contributed by atoms with van der Waals surface area (Å²) in [6.45, 7) is 8.42. The molecule has 0 bridgehead atoms. The third-order valence-electron chi connectivity index (χ3n) is 3.82. The normalized spacial score (nSPS) is 16.7. The van der Waals surface area contributed by atoms with E-state index >= 15 is 0 Å². The summed E-state index contributed by atoms with van der Waals surface area (Å²) in [7, 11) is 0. The molecular formula is C15H26BrCl2N3O. The fourth-order valence-corrected chi connectivity index (χ4v) is 3.39. The molecular weight excluding hydrogens is 389 g/mol. The molecule has 1 aliphatic heterocycles. The average Bonchev–Trinajstić information content (AvgIpc) is 2.43. The number of phenols is 1. The molecule has 0 saturated carbocycles. The third-order valence-corrected chi connectivity index (χ3v) is 4.51. The lowest BCUT2D eigenvalue weighted by Gasteiger charge is -2.37. The number of hydrogen-bond acceptors (Lipinski definition) is 4. The minimum atomic E-state index is 0. The van der Waals surface area contributed by atoms with E-state index in [0.29, 0.717) is 11.6 Å². The summed E-state index contributed by atoms with van der Waals surface area (Å²) >= 11 is 3.58. The Labute approximate surface area is 153 Å². The maximum Gasteiger partial charge on any atom is 0.144 e. The molecule has 0 radical (unpaired) electrons. The predicted molar refractivity (Wildman–Crippen MR) is 101 cm³/mol. The lowest BCUT2D eigenvalue weighted by Crippen LogP contribution is -2.45. The molecule has 0 aromatic heterocycles. The number of halogens is 3. The first-order chi connectivity index (χ1) is 9.50. The molecule has 1 fully saturated rings. The smallest absolute Gasteiger partial charge is 0.144 e. The number of nitrogens with one attached hydrogen (secondary N) is 1. The molecule has 1 aliphatic rings. The molecule has 4 nitrogen and oxygen atoms in total. The fraction of sp³-hybridized carbons (Fsp3) is 0.600. The summed E-state index contributed by atoms with van der Waals surface area (Å²) in [5.41, 5.74) is 7.27. The molecule has 4 N–H and O–H groups in total. The first kappa shape index (κ1) is 21.8. The second-order valence-electron chi connectivity index (χ2n) is 5.83. The molecule has 1 heterocycles. The molecule has 0 unspecified atom stereocenters. The van der Waals surface area contributed by atoms with Crippen LogP contribution in [-0.4, -0.2) is 36.2 Å². The molecule has 22 heavy (non-hydrogen) atoms. The van der Waals surface area contributed by atoms with Gasteiger partial charge in [0.15, 0.2) is 0 Å². The summed E-state index contributed by atoms with van der Waals surface area (Å²) < 4.78 is 0.938. The minimum Gasteiger partial charge on any atom is -0.505 e. The maximum atomic E-state index is 10.4. The lowest BCUT2D eigenvalue weighted by molar-refractivity contribution is 0.151. The number of nitrogens with zero attached hydrogens (tertiary/aromatic N) is 1. The Morgan fingerprint density at radius 3 is 2.41 bits per heavy atom. The second kappa shape index (κ2) is 9.83. The van der Waals surface area contributed by atoms with E-state index in [1.165, 1.54) is 0 Å². The van der Waals surface area contributed by atoms with Crippen LogP contribution in [0.5, 0.6) is 5.75 Å². The van der Waals surface area contributed by atoms with E-state index in [4.69, 9.17) is 5.73 Å². The van der Waals surface area contributed by atoms with E-state index in [2.05, 4.69) is 40.0 Å². The molecule has 2 rings (SSSR count). The Morgan fingerprint density at radius 2 is 1.86 bits per heavy atom. The number of nitrogens with two attached hydrogens (primary N) is 1. The third kappa shape index (κ3) is 5.17. The second-order valence-corrected chi connectivity index (χ2v) is 6.68. The van der Waals surface area contributed by atoms with E-state index in [1.807, 2.05) is 6.07 Å². The van der Waals surface area contributed by atoms with Crippen molar-refractivity contribution in [3.05, 3.63) is 22.2 Å². The number of rotatable bonds is 4. The van der Waals surface area contributed by atoms with Crippen LogP contribution in [0.3, 0.4) is 0 Å². The van der Waals surface area contributed by atoms with E-state index < -0.39 is 0 Å². The first-order valence-electron chi connectivity index (χ1n) is 7.22. The van der Waals surface area contributed by atoms with Gasteiger partial charge in [0.05, 0.1) is 5.69 Å². The molecule has 1 atom stereocenters. The molecule has 0 aliphatic carbocycles. The SMILES string of the molecule is CC(C)C[C@H](c1c(Br)ccc(N)c1O)N1CCNCC1.Cl.Cl. The van der Waals surface area contributed by atoms with Crippen molar-refractivity contribution < 1.29 is 5.11 Å². The number of benzene rings is 1.